The molecule has 0 radical (unpaired) electrons. The Hall–Kier alpha value is -1.62. The Bertz CT molecular complexity index is 314. The van der Waals surface area contributed by atoms with Gasteiger partial charge in [0.05, 0.1) is 6.42 Å². The van der Waals surface area contributed by atoms with Gasteiger partial charge in [0.15, 0.2) is 0 Å². The van der Waals surface area contributed by atoms with Gasteiger partial charge in [0.1, 0.15) is 0 Å². The molecule has 0 spiro atoms. The molecular formula is C8H11N3O2. The third kappa shape index (κ3) is 2.41. The maximum absolute atomic E-state index is 10.4. The normalized spacial score (nSPS) is 12.4. The standard InChI is InChI=1S/C8H11N3O2/c9-6-1-2-11-4-5(6)7(10)3-8(12)13/h1-2,4,7H,3,10H2,(H2,9,11)(H,12,13)/t7-/m0/s1. The number of nitrogens with two attached hydrogens (primary N) is 2. The Morgan fingerprint density at radius 2 is 2.38 bits per heavy atom. The molecule has 1 aromatic rings. The lowest BCUT2D eigenvalue weighted by atomic mass is 10.1. The van der Waals surface area contributed by atoms with Gasteiger partial charge in [-0.2, -0.15) is 0 Å². The first-order valence-electron chi connectivity index (χ1n) is 3.78. The van der Waals surface area contributed by atoms with Gasteiger partial charge in [-0.25, -0.2) is 0 Å². The number of aliphatic carboxylic acids is 1. The molecule has 5 heteroatoms. The number of nitrogen functional groups attached to an aromatic ring is 1. The van der Waals surface area contributed by atoms with E-state index in [1.165, 1.54) is 12.4 Å². The van der Waals surface area contributed by atoms with Crippen LogP contribution >= 0.6 is 0 Å². The van der Waals surface area contributed by atoms with Crippen molar-refractivity contribution >= 4 is 11.7 Å². The molecule has 5 nitrogen and oxygen atoms in total. The minimum atomic E-state index is -0.948. The second-order valence-electron chi connectivity index (χ2n) is 2.71. The zero-order valence-electron chi connectivity index (χ0n) is 6.97. The second kappa shape index (κ2) is 3.86. The van der Waals surface area contributed by atoms with Crippen LogP contribution in [-0.2, 0) is 4.79 Å². The van der Waals surface area contributed by atoms with E-state index in [9.17, 15) is 4.79 Å². The Morgan fingerprint density at radius 1 is 1.69 bits per heavy atom. The molecule has 1 atom stereocenters. The molecule has 1 rings (SSSR count). The van der Waals surface area contributed by atoms with E-state index in [2.05, 4.69) is 4.98 Å². The number of carboxylic acid groups (broad SMARTS) is 1. The Balaban J connectivity index is 2.82. The summed E-state index contributed by atoms with van der Waals surface area (Å²) >= 11 is 0. The summed E-state index contributed by atoms with van der Waals surface area (Å²) in [6.07, 6.45) is 2.88. The van der Waals surface area contributed by atoms with Crippen LogP contribution in [-0.4, -0.2) is 16.1 Å². The van der Waals surface area contributed by atoms with Crippen LogP contribution in [0.2, 0.25) is 0 Å². The Kier molecular flexibility index (Phi) is 2.81. The van der Waals surface area contributed by atoms with E-state index < -0.39 is 12.0 Å². The zero-order valence-corrected chi connectivity index (χ0v) is 6.97. The molecule has 0 saturated heterocycles. The van der Waals surface area contributed by atoms with Gasteiger partial charge in [-0.3, -0.25) is 9.78 Å². The number of hydrogen-bond acceptors (Lipinski definition) is 4. The van der Waals surface area contributed by atoms with E-state index in [1.807, 2.05) is 0 Å². The summed E-state index contributed by atoms with van der Waals surface area (Å²) in [7, 11) is 0. The third-order valence-electron chi connectivity index (χ3n) is 1.68. The van der Waals surface area contributed by atoms with Crippen LogP contribution in [0.25, 0.3) is 0 Å². The molecule has 1 aromatic heterocycles. The molecule has 0 aliphatic heterocycles. The lowest BCUT2D eigenvalue weighted by molar-refractivity contribution is -0.137. The quantitative estimate of drug-likeness (QED) is 0.615. The zero-order chi connectivity index (χ0) is 9.84. The maximum Gasteiger partial charge on any atom is 0.305 e. The second-order valence-corrected chi connectivity index (χ2v) is 2.71. The highest BCUT2D eigenvalue weighted by Crippen LogP contribution is 2.18. The van der Waals surface area contributed by atoms with Crippen molar-refractivity contribution in [3.63, 3.8) is 0 Å². The summed E-state index contributed by atoms with van der Waals surface area (Å²) in [6, 6.07) is 1.00. The van der Waals surface area contributed by atoms with Gasteiger partial charge in [-0.1, -0.05) is 0 Å². The van der Waals surface area contributed by atoms with Crippen LogP contribution in [0.4, 0.5) is 5.69 Å². The topological polar surface area (TPSA) is 102 Å². The van der Waals surface area contributed by atoms with Crippen molar-refractivity contribution < 1.29 is 9.90 Å². The molecule has 0 saturated carbocycles. The first kappa shape index (κ1) is 9.47. The number of anilines is 1. The molecule has 13 heavy (non-hydrogen) atoms. The van der Waals surface area contributed by atoms with Crippen LogP contribution in [0.3, 0.4) is 0 Å². The smallest absolute Gasteiger partial charge is 0.305 e. The molecule has 5 N–H and O–H groups in total. The predicted octanol–water partition coefficient (Wildman–Crippen LogP) is 0.138. The van der Waals surface area contributed by atoms with E-state index in [0.29, 0.717) is 11.3 Å². The number of carboxylic acids is 1. The van der Waals surface area contributed by atoms with Crippen LogP contribution in [0.15, 0.2) is 18.5 Å². The summed E-state index contributed by atoms with van der Waals surface area (Å²) in [5.74, 6) is -0.948. The van der Waals surface area contributed by atoms with Crippen LogP contribution < -0.4 is 11.5 Å². The van der Waals surface area contributed by atoms with Gasteiger partial charge in [0.2, 0.25) is 0 Å². The first-order chi connectivity index (χ1) is 6.11. The summed E-state index contributed by atoms with van der Waals surface area (Å²) in [5, 5.41) is 8.49. The number of nitrogens with zero attached hydrogens (tertiary/aromatic N) is 1. The largest absolute Gasteiger partial charge is 0.481 e. The summed E-state index contributed by atoms with van der Waals surface area (Å²) < 4.78 is 0. The SMILES string of the molecule is Nc1ccncc1[C@@H](N)CC(=O)O. The minimum Gasteiger partial charge on any atom is -0.481 e. The van der Waals surface area contributed by atoms with Crippen LogP contribution in [0.1, 0.15) is 18.0 Å². The van der Waals surface area contributed by atoms with Crippen molar-refractivity contribution in [2.75, 3.05) is 5.73 Å². The molecule has 0 fully saturated rings. The number of hydrogen-bond donors (Lipinski definition) is 3. The monoisotopic (exact) mass is 181 g/mol. The molecule has 0 aliphatic rings. The van der Waals surface area contributed by atoms with E-state index in [4.69, 9.17) is 16.6 Å². The van der Waals surface area contributed by atoms with E-state index in [0.717, 1.165) is 0 Å². The molecule has 0 bridgehead atoms. The number of pyridine rings is 1. The Morgan fingerprint density at radius 3 is 2.92 bits per heavy atom. The van der Waals surface area contributed by atoms with E-state index >= 15 is 0 Å². The predicted molar refractivity (Wildman–Crippen MR) is 47.8 cm³/mol. The fourth-order valence-corrected chi connectivity index (χ4v) is 1.03. The fraction of sp³-hybridized carbons (Fsp3) is 0.250. The first-order valence-corrected chi connectivity index (χ1v) is 3.78. The van der Waals surface area contributed by atoms with Gasteiger partial charge < -0.3 is 16.6 Å². The van der Waals surface area contributed by atoms with Gasteiger partial charge in [-0.05, 0) is 6.07 Å². The number of rotatable bonds is 3. The van der Waals surface area contributed by atoms with Crippen molar-refractivity contribution in [3.05, 3.63) is 24.0 Å². The average molecular weight is 181 g/mol. The number of aromatic nitrogens is 1. The van der Waals surface area contributed by atoms with Crippen LogP contribution in [0, 0.1) is 0 Å². The van der Waals surface area contributed by atoms with Gasteiger partial charge >= 0.3 is 5.97 Å². The minimum absolute atomic E-state index is 0.143. The average Bonchev–Trinajstić information content (AvgIpc) is 2.03. The number of carbonyl (C=O) groups is 1. The molecule has 1 heterocycles. The van der Waals surface area contributed by atoms with Gasteiger partial charge in [0, 0.05) is 29.7 Å². The van der Waals surface area contributed by atoms with E-state index in [-0.39, 0.29) is 6.42 Å². The maximum atomic E-state index is 10.4. The lowest BCUT2D eigenvalue weighted by Gasteiger charge is -2.10. The van der Waals surface area contributed by atoms with Crippen LogP contribution in [0.5, 0.6) is 0 Å². The van der Waals surface area contributed by atoms with Crippen molar-refractivity contribution in [1.29, 1.82) is 0 Å². The summed E-state index contributed by atoms with van der Waals surface area (Å²) in [4.78, 5) is 14.2. The van der Waals surface area contributed by atoms with Gasteiger partial charge in [-0.15, -0.1) is 0 Å². The molecule has 0 amide bonds. The highest BCUT2D eigenvalue weighted by molar-refractivity contribution is 5.68. The van der Waals surface area contributed by atoms with Crippen molar-refractivity contribution in [2.45, 2.75) is 12.5 Å². The molecular weight excluding hydrogens is 170 g/mol. The highest BCUT2D eigenvalue weighted by Gasteiger charge is 2.12. The molecule has 70 valence electrons. The van der Waals surface area contributed by atoms with Gasteiger partial charge in [0.25, 0.3) is 0 Å². The highest BCUT2D eigenvalue weighted by atomic mass is 16.4. The molecule has 0 aromatic carbocycles. The third-order valence-corrected chi connectivity index (χ3v) is 1.68. The van der Waals surface area contributed by atoms with E-state index in [1.54, 1.807) is 6.07 Å². The summed E-state index contributed by atoms with van der Waals surface area (Å²) in [5.41, 5.74) is 12.2. The fourth-order valence-electron chi connectivity index (χ4n) is 1.03. The van der Waals surface area contributed by atoms with Crippen molar-refractivity contribution in [1.82, 2.24) is 4.98 Å². The summed E-state index contributed by atoms with van der Waals surface area (Å²) in [6.45, 7) is 0. The molecule has 0 unspecified atom stereocenters. The van der Waals surface area contributed by atoms with Crippen molar-refractivity contribution in [2.24, 2.45) is 5.73 Å². The lowest BCUT2D eigenvalue weighted by Crippen LogP contribution is -2.16. The Labute approximate surface area is 75.4 Å². The van der Waals surface area contributed by atoms with Crippen molar-refractivity contribution in [3.8, 4) is 0 Å². The molecule has 0 aliphatic carbocycles.